The van der Waals surface area contributed by atoms with Crippen LogP contribution in [0.4, 0.5) is 13.2 Å². The van der Waals surface area contributed by atoms with Crippen LogP contribution >= 0.6 is 11.8 Å². The number of halogens is 3. The zero-order valence-electron chi connectivity index (χ0n) is 10.1. The van der Waals surface area contributed by atoms with Gasteiger partial charge in [-0.05, 0) is 18.1 Å². The lowest BCUT2D eigenvalue weighted by molar-refractivity contribution is -0.141. The quantitative estimate of drug-likeness (QED) is 0.775. The number of nitriles is 1. The van der Waals surface area contributed by atoms with Gasteiger partial charge in [0.1, 0.15) is 16.8 Å². The Morgan fingerprint density at radius 3 is 2.61 bits per heavy atom. The Morgan fingerprint density at radius 2 is 2.11 bits per heavy atom. The summed E-state index contributed by atoms with van der Waals surface area (Å²) < 4.78 is 37.5. The van der Waals surface area contributed by atoms with E-state index in [9.17, 15) is 13.2 Å². The van der Waals surface area contributed by atoms with Crippen molar-refractivity contribution < 1.29 is 13.2 Å². The van der Waals surface area contributed by atoms with Crippen LogP contribution in [0.2, 0.25) is 0 Å². The molecule has 0 aromatic carbocycles. The third-order valence-corrected chi connectivity index (χ3v) is 3.79. The van der Waals surface area contributed by atoms with Crippen LogP contribution in [0.15, 0.2) is 17.2 Å². The van der Waals surface area contributed by atoms with Gasteiger partial charge in [-0.1, -0.05) is 20.3 Å². The van der Waals surface area contributed by atoms with Crippen LogP contribution in [-0.4, -0.2) is 10.7 Å². The normalized spacial score (nSPS) is 13.1. The Bertz CT molecular complexity index is 452. The van der Waals surface area contributed by atoms with Crippen LogP contribution in [0.1, 0.15) is 31.5 Å². The molecule has 0 spiro atoms. The van der Waals surface area contributed by atoms with E-state index in [2.05, 4.69) is 4.98 Å². The second-order valence-electron chi connectivity index (χ2n) is 3.98. The van der Waals surface area contributed by atoms with E-state index in [1.54, 1.807) is 0 Å². The van der Waals surface area contributed by atoms with Gasteiger partial charge in [-0.25, -0.2) is 4.98 Å². The number of thioether (sulfide) groups is 1. The molecule has 0 aliphatic heterocycles. The summed E-state index contributed by atoms with van der Waals surface area (Å²) in [5.41, 5.74) is -0.760. The molecule has 1 aromatic heterocycles. The molecule has 0 saturated heterocycles. The first kappa shape index (κ1) is 14.8. The Kier molecular flexibility index (Phi) is 5.03. The average Bonchev–Trinajstić information content (AvgIpc) is 2.34. The number of rotatable bonds is 4. The zero-order chi connectivity index (χ0) is 13.8. The van der Waals surface area contributed by atoms with Gasteiger partial charge in [-0.15, -0.1) is 11.8 Å². The highest BCUT2D eigenvalue weighted by Crippen LogP contribution is 2.31. The van der Waals surface area contributed by atoms with Crippen molar-refractivity contribution in [2.75, 3.05) is 5.75 Å². The standard InChI is InChI=1S/C12H13F3N2S/c1-3-8(2)7-18-11-9(6-16)4-5-10(17-11)12(13,14)15/h4-5,8H,3,7H2,1-2H3. The van der Waals surface area contributed by atoms with Crippen LogP contribution in [0, 0.1) is 17.2 Å². The lowest BCUT2D eigenvalue weighted by Crippen LogP contribution is -2.09. The highest BCUT2D eigenvalue weighted by molar-refractivity contribution is 7.99. The molecule has 2 nitrogen and oxygen atoms in total. The van der Waals surface area contributed by atoms with Gasteiger partial charge < -0.3 is 0 Å². The van der Waals surface area contributed by atoms with Crippen molar-refractivity contribution in [2.45, 2.75) is 31.5 Å². The van der Waals surface area contributed by atoms with Gasteiger partial charge in [-0.2, -0.15) is 18.4 Å². The highest BCUT2D eigenvalue weighted by Gasteiger charge is 2.33. The van der Waals surface area contributed by atoms with Crippen molar-refractivity contribution >= 4 is 11.8 Å². The molecule has 1 aromatic rings. The lowest BCUT2D eigenvalue weighted by Gasteiger charge is -2.11. The van der Waals surface area contributed by atoms with Gasteiger partial charge in [0.15, 0.2) is 0 Å². The predicted octanol–water partition coefficient (Wildman–Crippen LogP) is 4.11. The number of hydrogen-bond acceptors (Lipinski definition) is 3. The Hall–Kier alpha value is -1.22. The molecule has 1 atom stereocenters. The summed E-state index contributed by atoms with van der Waals surface area (Å²) >= 11 is 1.20. The van der Waals surface area contributed by atoms with Crippen LogP contribution in [0.25, 0.3) is 0 Å². The van der Waals surface area contributed by atoms with Gasteiger partial charge >= 0.3 is 6.18 Å². The number of aromatic nitrogens is 1. The highest BCUT2D eigenvalue weighted by atomic mass is 32.2. The fraction of sp³-hybridized carbons (Fsp3) is 0.500. The maximum absolute atomic E-state index is 12.5. The van der Waals surface area contributed by atoms with Crippen molar-refractivity contribution in [1.29, 1.82) is 5.26 Å². The maximum Gasteiger partial charge on any atom is 0.433 e. The molecule has 6 heteroatoms. The summed E-state index contributed by atoms with van der Waals surface area (Å²) in [5, 5.41) is 9.01. The fourth-order valence-electron chi connectivity index (χ4n) is 1.13. The number of alkyl halides is 3. The molecule has 0 amide bonds. The number of pyridine rings is 1. The minimum Gasteiger partial charge on any atom is -0.236 e. The molecular weight excluding hydrogens is 261 g/mol. The summed E-state index contributed by atoms with van der Waals surface area (Å²) in [5.74, 6) is 1.03. The Morgan fingerprint density at radius 1 is 1.44 bits per heavy atom. The van der Waals surface area contributed by atoms with Crippen LogP contribution < -0.4 is 0 Å². The van der Waals surface area contributed by atoms with E-state index in [-0.39, 0.29) is 10.6 Å². The fourth-order valence-corrected chi connectivity index (χ4v) is 2.24. The van der Waals surface area contributed by atoms with Gasteiger partial charge in [0.25, 0.3) is 0 Å². The van der Waals surface area contributed by atoms with Crippen LogP contribution in [0.3, 0.4) is 0 Å². The van der Waals surface area contributed by atoms with Crippen molar-refractivity contribution in [3.8, 4) is 6.07 Å². The third-order valence-electron chi connectivity index (χ3n) is 2.47. The molecule has 0 aliphatic carbocycles. The van der Waals surface area contributed by atoms with Crippen molar-refractivity contribution in [3.05, 3.63) is 23.4 Å². The van der Waals surface area contributed by atoms with Crippen molar-refractivity contribution in [3.63, 3.8) is 0 Å². The minimum atomic E-state index is -4.47. The zero-order valence-corrected chi connectivity index (χ0v) is 10.9. The first-order chi connectivity index (χ1) is 8.38. The molecule has 0 bridgehead atoms. The number of nitrogens with zero attached hydrogens (tertiary/aromatic N) is 2. The monoisotopic (exact) mass is 274 g/mol. The van der Waals surface area contributed by atoms with E-state index in [0.29, 0.717) is 11.7 Å². The largest absolute Gasteiger partial charge is 0.433 e. The summed E-state index contributed by atoms with van der Waals surface area (Å²) in [6.07, 6.45) is -3.53. The van der Waals surface area contributed by atoms with E-state index in [0.717, 1.165) is 12.5 Å². The minimum absolute atomic E-state index is 0.160. The molecule has 1 heterocycles. The van der Waals surface area contributed by atoms with E-state index in [1.165, 1.54) is 17.8 Å². The molecule has 0 fully saturated rings. The molecule has 0 N–H and O–H groups in total. The van der Waals surface area contributed by atoms with Crippen molar-refractivity contribution in [2.24, 2.45) is 5.92 Å². The summed E-state index contributed by atoms with van der Waals surface area (Å²) in [7, 11) is 0. The summed E-state index contributed by atoms with van der Waals surface area (Å²) in [4.78, 5) is 3.54. The maximum atomic E-state index is 12.5. The first-order valence-electron chi connectivity index (χ1n) is 5.49. The molecule has 98 valence electrons. The molecule has 1 unspecified atom stereocenters. The molecule has 0 radical (unpaired) electrons. The molecule has 1 rings (SSSR count). The van der Waals surface area contributed by atoms with E-state index >= 15 is 0 Å². The molecular formula is C12H13F3N2S. The van der Waals surface area contributed by atoms with Gasteiger partial charge in [0.05, 0.1) is 5.56 Å². The molecule has 18 heavy (non-hydrogen) atoms. The predicted molar refractivity (Wildman–Crippen MR) is 64.1 cm³/mol. The van der Waals surface area contributed by atoms with Crippen LogP contribution in [-0.2, 0) is 6.18 Å². The first-order valence-corrected chi connectivity index (χ1v) is 6.48. The second-order valence-corrected chi connectivity index (χ2v) is 4.99. The molecule has 0 aliphatic rings. The average molecular weight is 274 g/mol. The van der Waals surface area contributed by atoms with Crippen LogP contribution in [0.5, 0.6) is 0 Å². The summed E-state index contributed by atoms with van der Waals surface area (Å²) in [6, 6.07) is 3.88. The Balaban J connectivity index is 2.97. The van der Waals surface area contributed by atoms with E-state index in [1.807, 2.05) is 19.9 Å². The lowest BCUT2D eigenvalue weighted by atomic mass is 10.2. The summed E-state index contributed by atoms with van der Waals surface area (Å²) in [6.45, 7) is 4.02. The molecule has 0 saturated carbocycles. The van der Waals surface area contributed by atoms with E-state index in [4.69, 9.17) is 5.26 Å². The van der Waals surface area contributed by atoms with Gasteiger partial charge in [0.2, 0.25) is 0 Å². The topological polar surface area (TPSA) is 36.7 Å². The van der Waals surface area contributed by atoms with Gasteiger partial charge in [-0.3, -0.25) is 0 Å². The SMILES string of the molecule is CCC(C)CSc1nc(C(F)(F)F)ccc1C#N. The van der Waals surface area contributed by atoms with E-state index < -0.39 is 11.9 Å². The second kappa shape index (κ2) is 6.10. The third kappa shape index (κ3) is 3.91. The smallest absolute Gasteiger partial charge is 0.236 e. The van der Waals surface area contributed by atoms with Gasteiger partial charge in [0, 0.05) is 5.75 Å². The Labute approximate surface area is 108 Å². The van der Waals surface area contributed by atoms with Crippen molar-refractivity contribution in [1.82, 2.24) is 4.98 Å². The number of hydrogen-bond donors (Lipinski definition) is 0.